The molecule has 7 heteroatoms. The van der Waals surface area contributed by atoms with E-state index in [9.17, 15) is 13.2 Å². The Bertz CT molecular complexity index is 603. The average molecular weight is 328 g/mol. The van der Waals surface area contributed by atoms with Gasteiger partial charge in [0.2, 0.25) is 5.89 Å². The second-order valence-corrected chi connectivity index (χ2v) is 5.22. The van der Waals surface area contributed by atoms with Crippen LogP contribution in [-0.4, -0.2) is 34.7 Å². The van der Waals surface area contributed by atoms with Crippen LogP contribution in [0.3, 0.4) is 0 Å². The molecular formula is C16H19F3N2O2. The third-order valence-electron chi connectivity index (χ3n) is 3.35. The molecular weight excluding hydrogens is 309 g/mol. The van der Waals surface area contributed by atoms with Crippen molar-refractivity contribution in [1.82, 2.24) is 9.88 Å². The zero-order chi connectivity index (χ0) is 16.9. The van der Waals surface area contributed by atoms with Crippen molar-refractivity contribution < 1.29 is 22.7 Å². The summed E-state index contributed by atoms with van der Waals surface area (Å²) in [4.78, 5) is 6.34. The van der Waals surface area contributed by atoms with Crippen LogP contribution in [0.5, 0.6) is 0 Å². The molecule has 0 aliphatic heterocycles. The molecule has 0 atom stereocenters. The minimum atomic E-state index is -4.36. The SMILES string of the molecule is CCCN(CCO)Cc1coc(-c2ccc(C(F)(F)F)cc2)n1. The van der Waals surface area contributed by atoms with Gasteiger partial charge in [-0.15, -0.1) is 0 Å². The molecule has 0 saturated heterocycles. The van der Waals surface area contributed by atoms with E-state index >= 15 is 0 Å². The first-order chi connectivity index (χ1) is 10.9. The summed E-state index contributed by atoms with van der Waals surface area (Å²) in [7, 11) is 0. The lowest BCUT2D eigenvalue weighted by Crippen LogP contribution is -2.27. The van der Waals surface area contributed by atoms with Gasteiger partial charge in [0.05, 0.1) is 17.9 Å². The first-order valence-electron chi connectivity index (χ1n) is 7.39. The molecule has 0 saturated carbocycles. The first kappa shape index (κ1) is 17.5. The standard InChI is InChI=1S/C16H19F3N2O2/c1-2-7-21(8-9-22)10-14-11-23-15(20-14)12-3-5-13(6-4-12)16(17,18)19/h3-6,11,22H,2,7-10H2,1H3. The van der Waals surface area contributed by atoms with E-state index in [0.29, 0.717) is 24.3 Å². The molecule has 0 radical (unpaired) electrons. The number of nitrogens with zero attached hydrogens (tertiary/aromatic N) is 2. The zero-order valence-electron chi connectivity index (χ0n) is 12.8. The number of aromatic nitrogens is 1. The number of hydrogen-bond acceptors (Lipinski definition) is 4. The highest BCUT2D eigenvalue weighted by Crippen LogP contribution is 2.30. The Morgan fingerprint density at radius 3 is 2.43 bits per heavy atom. The maximum Gasteiger partial charge on any atom is 0.416 e. The number of hydrogen-bond donors (Lipinski definition) is 1. The quantitative estimate of drug-likeness (QED) is 0.844. The second kappa shape index (κ2) is 7.61. The van der Waals surface area contributed by atoms with Gasteiger partial charge in [0, 0.05) is 18.7 Å². The van der Waals surface area contributed by atoms with Crippen LogP contribution in [0.25, 0.3) is 11.5 Å². The van der Waals surface area contributed by atoms with Gasteiger partial charge in [-0.2, -0.15) is 13.2 Å². The van der Waals surface area contributed by atoms with Crippen molar-refractivity contribution in [3.63, 3.8) is 0 Å². The number of aliphatic hydroxyl groups excluding tert-OH is 1. The summed E-state index contributed by atoms with van der Waals surface area (Å²) < 4.78 is 43.0. The van der Waals surface area contributed by atoms with Crippen molar-refractivity contribution in [2.75, 3.05) is 19.7 Å². The van der Waals surface area contributed by atoms with Gasteiger partial charge in [-0.1, -0.05) is 6.92 Å². The van der Waals surface area contributed by atoms with Crippen molar-refractivity contribution >= 4 is 0 Å². The molecule has 0 amide bonds. The number of benzene rings is 1. The maximum absolute atomic E-state index is 12.5. The molecule has 126 valence electrons. The smallest absolute Gasteiger partial charge is 0.416 e. The first-order valence-corrected chi connectivity index (χ1v) is 7.39. The minimum absolute atomic E-state index is 0.0591. The molecule has 0 aliphatic carbocycles. The summed E-state index contributed by atoms with van der Waals surface area (Å²) in [6, 6.07) is 4.70. The van der Waals surface area contributed by atoms with Gasteiger partial charge in [-0.3, -0.25) is 4.90 Å². The van der Waals surface area contributed by atoms with Gasteiger partial charge >= 0.3 is 6.18 Å². The van der Waals surface area contributed by atoms with Crippen LogP contribution < -0.4 is 0 Å². The van der Waals surface area contributed by atoms with Crippen LogP contribution in [0.4, 0.5) is 13.2 Å². The average Bonchev–Trinajstić information content (AvgIpc) is 2.95. The summed E-state index contributed by atoms with van der Waals surface area (Å²) in [5, 5.41) is 9.04. The molecule has 2 rings (SSSR count). The summed E-state index contributed by atoms with van der Waals surface area (Å²) >= 11 is 0. The van der Waals surface area contributed by atoms with Gasteiger partial charge in [0.15, 0.2) is 0 Å². The Kier molecular flexibility index (Phi) is 5.79. The number of alkyl halides is 3. The predicted octanol–water partition coefficient (Wildman–Crippen LogP) is 3.56. The van der Waals surface area contributed by atoms with Crippen LogP contribution in [0.1, 0.15) is 24.6 Å². The second-order valence-electron chi connectivity index (χ2n) is 5.22. The molecule has 0 fully saturated rings. The fourth-order valence-corrected chi connectivity index (χ4v) is 2.27. The van der Waals surface area contributed by atoms with E-state index in [4.69, 9.17) is 9.52 Å². The van der Waals surface area contributed by atoms with E-state index in [1.807, 2.05) is 11.8 Å². The molecule has 1 aromatic heterocycles. The predicted molar refractivity (Wildman–Crippen MR) is 79.6 cm³/mol. The normalized spacial score (nSPS) is 12.1. The lowest BCUT2D eigenvalue weighted by Gasteiger charge is -2.18. The summed E-state index contributed by atoms with van der Waals surface area (Å²) in [5.41, 5.74) is 0.473. The molecule has 4 nitrogen and oxygen atoms in total. The van der Waals surface area contributed by atoms with Crippen molar-refractivity contribution in [3.05, 3.63) is 41.8 Å². The monoisotopic (exact) mass is 328 g/mol. The highest BCUT2D eigenvalue weighted by molar-refractivity contribution is 5.53. The molecule has 23 heavy (non-hydrogen) atoms. The molecule has 1 heterocycles. The molecule has 1 aromatic carbocycles. The molecule has 0 bridgehead atoms. The van der Waals surface area contributed by atoms with Gasteiger partial charge in [-0.05, 0) is 37.2 Å². The summed E-state index contributed by atoms with van der Waals surface area (Å²) in [6.07, 6.45) is -1.91. The Morgan fingerprint density at radius 2 is 1.87 bits per heavy atom. The molecule has 0 aliphatic rings. The highest BCUT2D eigenvalue weighted by atomic mass is 19.4. The van der Waals surface area contributed by atoms with Crippen molar-refractivity contribution in [1.29, 1.82) is 0 Å². The van der Waals surface area contributed by atoms with E-state index in [1.54, 1.807) is 0 Å². The van der Waals surface area contributed by atoms with Gasteiger partial charge in [-0.25, -0.2) is 4.98 Å². The number of halogens is 3. The van der Waals surface area contributed by atoms with E-state index in [1.165, 1.54) is 18.4 Å². The van der Waals surface area contributed by atoms with E-state index in [2.05, 4.69) is 4.98 Å². The zero-order valence-corrected chi connectivity index (χ0v) is 12.8. The number of rotatable bonds is 7. The van der Waals surface area contributed by atoms with Crippen LogP contribution in [-0.2, 0) is 12.7 Å². The summed E-state index contributed by atoms with van der Waals surface area (Å²) in [5.74, 6) is 0.286. The van der Waals surface area contributed by atoms with Gasteiger partial charge in [0.1, 0.15) is 6.26 Å². The highest BCUT2D eigenvalue weighted by Gasteiger charge is 2.30. The summed E-state index contributed by atoms with van der Waals surface area (Å²) in [6.45, 7) is 3.99. The van der Waals surface area contributed by atoms with Crippen molar-refractivity contribution in [2.24, 2.45) is 0 Å². The van der Waals surface area contributed by atoms with Crippen molar-refractivity contribution in [2.45, 2.75) is 26.1 Å². The van der Waals surface area contributed by atoms with E-state index in [-0.39, 0.29) is 12.5 Å². The fourth-order valence-electron chi connectivity index (χ4n) is 2.27. The number of oxazole rings is 1. The molecule has 0 unspecified atom stereocenters. The Morgan fingerprint density at radius 1 is 1.17 bits per heavy atom. The largest absolute Gasteiger partial charge is 0.444 e. The molecule has 0 spiro atoms. The van der Waals surface area contributed by atoms with Crippen LogP contribution in [0.2, 0.25) is 0 Å². The fraction of sp³-hybridized carbons (Fsp3) is 0.438. The molecule has 1 N–H and O–H groups in total. The third kappa shape index (κ3) is 4.80. The topological polar surface area (TPSA) is 49.5 Å². The Labute approximate surface area is 132 Å². The van der Waals surface area contributed by atoms with E-state index in [0.717, 1.165) is 25.1 Å². The van der Waals surface area contributed by atoms with E-state index < -0.39 is 11.7 Å². The number of aliphatic hydroxyl groups is 1. The molecule has 2 aromatic rings. The Balaban J connectivity index is 2.09. The van der Waals surface area contributed by atoms with Gasteiger partial charge in [0.25, 0.3) is 0 Å². The minimum Gasteiger partial charge on any atom is -0.444 e. The van der Waals surface area contributed by atoms with Crippen molar-refractivity contribution in [3.8, 4) is 11.5 Å². The van der Waals surface area contributed by atoms with Gasteiger partial charge < -0.3 is 9.52 Å². The van der Waals surface area contributed by atoms with Crippen LogP contribution in [0, 0.1) is 0 Å². The maximum atomic E-state index is 12.5. The lowest BCUT2D eigenvalue weighted by molar-refractivity contribution is -0.137. The Hall–Kier alpha value is -1.86. The van der Waals surface area contributed by atoms with Crippen LogP contribution >= 0.6 is 0 Å². The van der Waals surface area contributed by atoms with Crippen LogP contribution in [0.15, 0.2) is 34.9 Å². The third-order valence-corrected chi connectivity index (χ3v) is 3.35. The lowest BCUT2D eigenvalue weighted by atomic mass is 10.1.